The first-order valence-corrected chi connectivity index (χ1v) is 6.28. The third kappa shape index (κ3) is 2.94. The molecule has 0 spiro atoms. The zero-order valence-electron chi connectivity index (χ0n) is 9.93. The maximum Gasteiger partial charge on any atom is 0.266 e. The van der Waals surface area contributed by atoms with E-state index in [9.17, 15) is 4.79 Å². The highest BCUT2D eigenvalue weighted by Crippen LogP contribution is 2.30. The first-order valence-electron chi connectivity index (χ1n) is 6.28. The highest BCUT2D eigenvalue weighted by atomic mass is 16.1. The number of aryl methyl sites for hydroxylation is 1. The summed E-state index contributed by atoms with van der Waals surface area (Å²) in [4.78, 5) is 11.5. The molecule has 0 aliphatic heterocycles. The minimum absolute atomic E-state index is 0.0198. The Labute approximate surface area is 96.5 Å². The second-order valence-corrected chi connectivity index (χ2v) is 5.01. The van der Waals surface area contributed by atoms with Crippen molar-refractivity contribution in [3.05, 3.63) is 28.7 Å². The van der Waals surface area contributed by atoms with Crippen molar-refractivity contribution in [1.29, 1.82) is 0 Å². The molecule has 2 atom stereocenters. The van der Waals surface area contributed by atoms with Gasteiger partial charge in [0.2, 0.25) is 0 Å². The summed E-state index contributed by atoms with van der Waals surface area (Å²) < 4.78 is 1.58. The van der Waals surface area contributed by atoms with Gasteiger partial charge in [0.15, 0.2) is 0 Å². The Morgan fingerprint density at radius 3 is 3.12 bits per heavy atom. The van der Waals surface area contributed by atoms with Crippen molar-refractivity contribution in [3.63, 3.8) is 0 Å². The fourth-order valence-corrected chi connectivity index (χ4v) is 2.68. The van der Waals surface area contributed by atoms with E-state index in [1.54, 1.807) is 23.0 Å². The number of hydrogen-bond acceptors (Lipinski definition) is 2. The Morgan fingerprint density at radius 1 is 1.50 bits per heavy atom. The Balaban J connectivity index is 1.87. The molecule has 1 heterocycles. The highest BCUT2D eigenvalue weighted by Gasteiger charge is 2.18. The van der Waals surface area contributed by atoms with Crippen LogP contribution in [0.15, 0.2) is 23.1 Å². The van der Waals surface area contributed by atoms with Gasteiger partial charge in [0.1, 0.15) is 0 Å². The van der Waals surface area contributed by atoms with Crippen LogP contribution in [0.1, 0.15) is 39.0 Å². The van der Waals surface area contributed by atoms with E-state index in [-0.39, 0.29) is 5.56 Å². The molecule has 3 nitrogen and oxygen atoms in total. The average Bonchev–Trinajstić information content (AvgIpc) is 2.28. The molecule has 1 aliphatic carbocycles. The SMILES string of the molecule is C[C@H]1CCC[C@@H](CCn2ncccc2=O)C1. The molecular weight excluding hydrogens is 200 g/mol. The van der Waals surface area contributed by atoms with Crippen molar-refractivity contribution in [2.24, 2.45) is 11.8 Å². The smallest absolute Gasteiger partial charge is 0.266 e. The van der Waals surface area contributed by atoms with Crippen molar-refractivity contribution in [3.8, 4) is 0 Å². The van der Waals surface area contributed by atoms with Crippen LogP contribution in [-0.2, 0) is 6.54 Å². The summed E-state index contributed by atoms with van der Waals surface area (Å²) in [7, 11) is 0. The molecule has 2 rings (SSSR count). The first-order chi connectivity index (χ1) is 7.75. The van der Waals surface area contributed by atoms with Gasteiger partial charge in [-0.3, -0.25) is 4.79 Å². The first kappa shape index (κ1) is 11.4. The molecule has 1 fully saturated rings. The van der Waals surface area contributed by atoms with E-state index in [0.717, 1.165) is 24.8 Å². The van der Waals surface area contributed by atoms with Crippen LogP contribution in [0.5, 0.6) is 0 Å². The predicted octanol–water partition coefficient (Wildman–Crippen LogP) is 2.46. The predicted molar refractivity (Wildman–Crippen MR) is 64.2 cm³/mol. The van der Waals surface area contributed by atoms with Crippen LogP contribution in [-0.4, -0.2) is 9.78 Å². The van der Waals surface area contributed by atoms with Gasteiger partial charge in [0.05, 0.1) is 0 Å². The number of aromatic nitrogens is 2. The van der Waals surface area contributed by atoms with Crippen LogP contribution in [0.4, 0.5) is 0 Å². The maximum atomic E-state index is 11.5. The Bertz CT molecular complexity index is 386. The Hall–Kier alpha value is -1.12. The lowest BCUT2D eigenvalue weighted by molar-refractivity contribution is 0.257. The molecule has 16 heavy (non-hydrogen) atoms. The molecule has 1 aromatic rings. The van der Waals surface area contributed by atoms with Crippen molar-refractivity contribution >= 4 is 0 Å². The van der Waals surface area contributed by atoms with Crippen molar-refractivity contribution in [2.75, 3.05) is 0 Å². The summed E-state index contributed by atoms with van der Waals surface area (Å²) >= 11 is 0. The van der Waals surface area contributed by atoms with E-state index in [1.807, 2.05) is 0 Å². The fraction of sp³-hybridized carbons (Fsp3) is 0.692. The molecule has 0 radical (unpaired) electrons. The van der Waals surface area contributed by atoms with Gasteiger partial charge in [-0.25, -0.2) is 4.68 Å². The zero-order valence-corrected chi connectivity index (χ0v) is 9.93. The molecule has 0 N–H and O–H groups in total. The maximum absolute atomic E-state index is 11.5. The van der Waals surface area contributed by atoms with Crippen LogP contribution < -0.4 is 5.56 Å². The van der Waals surface area contributed by atoms with E-state index in [0.29, 0.717) is 0 Å². The lowest BCUT2D eigenvalue weighted by Gasteiger charge is -2.26. The van der Waals surface area contributed by atoms with Crippen LogP contribution in [0, 0.1) is 11.8 Å². The van der Waals surface area contributed by atoms with Crippen molar-refractivity contribution < 1.29 is 0 Å². The molecule has 1 aliphatic rings. The van der Waals surface area contributed by atoms with Gasteiger partial charge in [0.25, 0.3) is 5.56 Å². The lowest BCUT2D eigenvalue weighted by Crippen LogP contribution is -2.23. The third-order valence-electron chi connectivity index (χ3n) is 3.58. The molecule has 1 aromatic heterocycles. The second kappa shape index (κ2) is 5.28. The number of nitrogens with zero attached hydrogens (tertiary/aromatic N) is 2. The summed E-state index contributed by atoms with van der Waals surface area (Å²) in [5.41, 5.74) is 0.0198. The topological polar surface area (TPSA) is 34.9 Å². The molecule has 0 unspecified atom stereocenters. The van der Waals surface area contributed by atoms with Gasteiger partial charge in [0, 0.05) is 18.8 Å². The van der Waals surface area contributed by atoms with E-state index in [4.69, 9.17) is 0 Å². The zero-order chi connectivity index (χ0) is 11.4. The Kier molecular flexibility index (Phi) is 3.75. The summed E-state index contributed by atoms with van der Waals surface area (Å²) in [6, 6.07) is 3.28. The molecule has 0 saturated heterocycles. The van der Waals surface area contributed by atoms with Crippen molar-refractivity contribution in [2.45, 2.75) is 45.6 Å². The van der Waals surface area contributed by atoms with Gasteiger partial charge in [-0.1, -0.05) is 26.2 Å². The molecule has 1 saturated carbocycles. The van der Waals surface area contributed by atoms with Gasteiger partial charge >= 0.3 is 0 Å². The molecule has 3 heteroatoms. The summed E-state index contributed by atoms with van der Waals surface area (Å²) in [5.74, 6) is 1.65. The van der Waals surface area contributed by atoms with Gasteiger partial charge in [-0.2, -0.15) is 5.10 Å². The monoisotopic (exact) mass is 220 g/mol. The summed E-state index contributed by atoms with van der Waals surface area (Å²) in [6.45, 7) is 3.11. The van der Waals surface area contributed by atoms with E-state index in [1.165, 1.54) is 25.7 Å². The largest absolute Gasteiger partial charge is 0.268 e. The molecule has 0 bridgehead atoms. The van der Waals surface area contributed by atoms with E-state index >= 15 is 0 Å². The van der Waals surface area contributed by atoms with Crippen LogP contribution >= 0.6 is 0 Å². The molecule has 0 aromatic carbocycles. The van der Waals surface area contributed by atoms with Gasteiger partial charge in [-0.05, 0) is 30.7 Å². The summed E-state index contributed by atoms with van der Waals surface area (Å²) in [5, 5.41) is 4.09. The minimum atomic E-state index is 0.0198. The van der Waals surface area contributed by atoms with Gasteiger partial charge < -0.3 is 0 Å². The molecule has 0 amide bonds. The summed E-state index contributed by atoms with van der Waals surface area (Å²) in [6.07, 6.45) is 8.16. The molecule has 88 valence electrons. The third-order valence-corrected chi connectivity index (χ3v) is 3.58. The van der Waals surface area contributed by atoms with Crippen LogP contribution in [0.25, 0.3) is 0 Å². The quantitative estimate of drug-likeness (QED) is 0.784. The van der Waals surface area contributed by atoms with E-state index < -0.39 is 0 Å². The van der Waals surface area contributed by atoms with E-state index in [2.05, 4.69) is 12.0 Å². The lowest BCUT2D eigenvalue weighted by atomic mass is 9.81. The van der Waals surface area contributed by atoms with Crippen LogP contribution in [0.2, 0.25) is 0 Å². The highest BCUT2D eigenvalue weighted by molar-refractivity contribution is 4.84. The van der Waals surface area contributed by atoms with Crippen LogP contribution in [0.3, 0.4) is 0 Å². The molecular formula is C13H20N2O. The normalized spacial score (nSPS) is 25.6. The van der Waals surface area contributed by atoms with Gasteiger partial charge in [-0.15, -0.1) is 0 Å². The standard InChI is InChI=1S/C13H20N2O/c1-11-4-2-5-12(10-11)7-9-15-13(16)6-3-8-14-15/h3,6,8,11-12H,2,4-5,7,9-10H2,1H3/t11-,12-/m0/s1. The number of hydrogen-bond donors (Lipinski definition) is 0. The minimum Gasteiger partial charge on any atom is -0.268 e. The average molecular weight is 220 g/mol. The second-order valence-electron chi connectivity index (χ2n) is 5.01. The fourth-order valence-electron chi connectivity index (χ4n) is 2.68. The number of rotatable bonds is 3. The van der Waals surface area contributed by atoms with Crippen molar-refractivity contribution in [1.82, 2.24) is 9.78 Å². The Morgan fingerprint density at radius 2 is 2.38 bits per heavy atom.